The van der Waals surface area contributed by atoms with Gasteiger partial charge in [-0.15, -0.1) is 0 Å². The van der Waals surface area contributed by atoms with Gasteiger partial charge in [-0.25, -0.2) is 14.3 Å². The number of nitrogens with zero attached hydrogens (tertiary/aromatic N) is 3. The van der Waals surface area contributed by atoms with E-state index in [9.17, 15) is 9.59 Å². The number of hydrogen-bond donors (Lipinski definition) is 1. The van der Waals surface area contributed by atoms with Crippen LogP contribution in [-0.4, -0.2) is 19.5 Å². The van der Waals surface area contributed by atoms with Crippen LogP contribution in [0.4, 0.5) is 0 Å². The molecule has 0 saturated carbocycles. The summed E-state index contributed by atoms with van der Waals surface area (Å²) in [4.78, 5) is 36.2. The van der Waals surface area contributed by atoms with Crippen LogP contribution < -0.4 is 11.2 Å². The molecule has 0 amide bonds. The Bertz CT molecular complexity index is 1060. The van der Waals surface area contributed by atoms with Gasteiger partial charge in [0.2, 0.25) is 0 Å². The summed E-state index contributed by atoms with van der Waals surface area (Å²) < 4.78 is 1.47. The Morgan fingerprint density at radius 2 is 1.83 bits per heavy atom. The van der Waals surface area contributed by atoms with Gasteiger partial charge in [-0.05, 0) is 49.9 Å². The standard InChI is InChI=1S/C18H20N4O2/c1-9(2)14-15(10(3)6-7-19-14)22-16-13(17(23)21-18(22)24)8-11(4)12(5)20-16/h6-9H,1-5H3,(H,21,23,24). The highest BCUT2D eigenvalue weighted by atomic mass is 16.2. The summed E-state index contributed by atoms with van der Waals surface area (Å²) in [5.74, 6) is 0.125. The smallest absolute Gasteiger partial charge is 0.273 e. The van der Waals surface area contributed by atoms with E-state index in [-0.39, 0.29) is 5.92 Å². The second kappa shape index (κ2) is 5.70. The van der Waals surface area contributed by atoms with Crippen LogP contribution in [-0.2, 0) is 0 Å². The van der Waals surface area contributed by atoms with Crippen molar-refractivity contribution >= 4 is 11.0 Å². The minimum Gasteiger partial charge on any atom is -0.273 e. The molecule has 0 aliphatic carbocycles. The number of nitrogens with one attached hydrogen (secondary N) is 1. The average Bonchev–Trinajstić information content (AvgIpc) is 2.50. The minimum atomic E-state index is -0.499. The van der Waals surface area contributed by atoms with E-state index in [0.717, 1.165) is 22.5 Å². The summed E-state index contributed by atoms with van der Waals surface area (Å²) in [6, 6.07) is 3.62. The Kier molecular flexibility index (Phi) is 3.83. The number of rotatable bonds is 2. The third-order valence-electron chi connectivity index (χ3n) is 4.25. The maximum Gasteiger partial charge on any atom is 0.334 e. The third kappa shape index (κ3) is 2.44. The Morgan fingerprint density at radius 3 is 2.50 bits per heavy atom. The molecule has 0 aromatic carbocycles. The Morgan fingerprint density at radius 1 is 1.12 bits per heavy atom. The van der Waals surface area contributed by atoms with Gasteiger partial charge in [0.15, 0.2) is 5.65 Å². The number of aromatic nitrogens is 4. The van der Waals surface area contributed by atoms with Crippen LogP contribution in [0.25, 0.3) is 16.7 Å². The molecule has 0 spiro atoms. The SMILES string of the molecule is Cc1cc2c(=O)[nH]c(=O)n(-c3c(C)ccnc3C(C)C)c2nc1C. The van der Waals surface area contributed by atoms with Crippen molar-refractivity contribution in [2.45, 2.75) is 40.5 Å². The Labute approximate surface area is 139 Å². The molecule has 0 radical (unpaired) electrons. The van der Waals surface area contributed by atoms with Crippen LogP contribution in [0, 0.1) is 20.8 Å². The summed E-state index contributed by atoms with van der Waals surface area (Å²) in [7, 11) is 0. The Balaban J connectivity index is 2.56. The normalized spacial score (nSPS) is 11.4. The summed E-state index contributed by atoms with van der Waals surface area (Å²) >= 11 is 0. The van der Waals surface area contributed by atoms with Gasteiger partial charge >= 0.3 is 5.69 Å². The van der Waals surface area contributed by atoms with E-state index < -0.39 is 11.2 Å². The maximum atomic E-state index is 12.6. The van der Waals surface area contributed by atoms with Gasteiger partial charge < -0.3 is 0 Å². The topological polar surface area (TPSA) is 80.6 Å². The molecule has 0 aliphatic heterocycles. The number of pyridine rings is 2. The predicted octanol–water partition coefficient (Wildman–Crippen LogP) is 2.52. The second-order valence-electron chi connectivity index (χ2n) is 6.37. The van der Waals surface area contributed by atoms with E-state index in [1.807, 2.05) is 40.7 Å². The second-order valence-corrected chi connectivity index (χ2v) is 6.37. The van der Waals surface area contributed by atoms with Crippen LogP contribution in [0.3, 0.4) is 0 Å². The first kappa shape index (κ1) is 16.1. The number of hydrogen-bond acceptors (Lipinski definition) is 4. The highest BCUT2D eigenvalue weighted by Crippen LogP contribution is 2.25. The molecule has 0 unspecified atom stereocenters. The molecular weight excluding hydrogens is 304 g/mol. The highest BCUT2D eigenvalue weighted by molar-refractivity contribution is 5.77. The molecule has 6 nitrogen and oxygen atoms in total. The fourth-order valence-electron chi connectivity index (χ4n) is 2.84. The van der Waals surface area contributed by atoms with Crippen LogP contribution >= 0.6 is 0 Å². The van der Waals surface area contributed by atoms with Crippen LogP contribution in [0.2, 0.25) is 0 Å². The lowest BCUT2D eigenvalue weighted by Gasteiger charge is -2.17. The van der Waals surface area contributed by atoms with Gasteiger partial charge in [0.05, 0.1) is 16.8 Å². The van der Waals surface area contributed by atoms with Crippen molar-refractivity contribution in [2.75, 3.05) is 0 Å². The van der Waals surface area contributed by atoms with Crippen LogP contribution in [0.5, 0.6) is 0 Å². The van der Waals surface area contributed by atoms with Gasteiger partial charge in [-0.2, -0.15) is 0 Å². The predicted molar refractivity (Wildman–Crippen MR) is 94.1 cm³/mol. The molecule has 0 saturated heterocycles. The molecule has 0 bridgehead atoms. The molecule has 0 aliphatic rings. The molecule has 3 heterocycles. The maximum absolute atomic E-state index is 12.6. The fraction of sp³-hybridized carbons (Fsp3) is 0.333. The summed E-state index contributed by atoms with van der Waals surface area (Å²) in [5.41, 5.74) is 3.53. The van der Waals surface area contributed by atoms with E-state index in [2.05, 4.69) is 15.0 Å². The van der Waals surface area contributed by atoms with Crippen molar-refractivity contribution in [3.05, 3.63) is 61.7 Å². The first-order valence-corrected chi connectivity index (χ1v) is 7.90. The zero-order valence-electron chi connectivity index (χ0n) is 14.5. The van der Waals surface area contributed by atoms with Gasteiger partial charge in [0.25, 0.3) is 5.56 Å². The number of aryl methyl sites for hydroxylation is 3. The molecule has 3 aromatic heterocycles. The van der Waals surface area contributed by atoms with Crippen molar-refractivity contribution in [3.63, 3.8) is 0 Å². The molecule has 24 heavy (non-hydrogen) atoms. The molecule has 124 valence electrons. The lowest BCUT2D eigenvalue weighted by Crippen LogP contribution is -2.31. The van der Waals surface area contributed by atoms with E-state index >= 15 is 0 Å². The fourth-order valence-corrected chi connectivity index (χ4v) is 2.84. The van der Waals surface area contributed by atoms with Gasteiger partial charge in [0, 0.05) is 11.9 Å². The molecule has 6 heteroatoms. The van der Waals surface area contributed by atoms with Gasteiger partial charge in [-0.1, -0.05) is 13.8 Å². The molecule has 0 atom stereocenters. The first-order chi connectivity index (χ1) is 11.3. The minimum absolute atomic E-state index is 0.125. The summed E-state index contributed by atoms with van der Waals surface area (Å²) in [5, 5.41) is 0.399. The first-order valence-electron chi connectivity index (χ1n) is 7.90. The van der Waals surface area contributed by atoms with E-state index in [1.54, 1.807) is 12.3 Å². The summed E-state index contributed by atoms with van der Waals surface area (Å²) in [6.07, 6.45) is 1.73. The zero-order chi connectivity index (χ0) is 17.6. The van der Waals surface area contributed by atoms with E-state index in [4.69, 9.17) is 0 Å². The molecular formula is C18H20N4O2. The number of aromatic amines is 1. The van der Waals surface area contributed by atoms with Crippen molar-refractivity contribution in [1.82, 2.24) is 19.5 Å². The molecule has 0 fully saturated rings. The van der Waals surface area contributed by atoms with Crippen LogP contribution in [0.1, 0.15) is 42.3 Å². The highest BCUT2D eigenvalue weighted by Gasteiger charge is 2.18. The number of H-pyrrole nitrogens is 1. The summed E-state index contributed by atoms with van der Waals surface area (Å²) in [6.45, 7) is 9.73. The number of fused-ring (bicyclic) bond motifs is 1. The van der Waals surface area contributed by atoms with Crippen LogP contribution in [0.15, 0.2) is 27.9 Å². The quantitative estimate of drug-likeness (QED) is 0.785. The zero-order valence-corrected chi connectivity index (χ0v) is 14.5. The van der Waals surface area contributed by atoms with E-state index in [1.165, 1.54) is 4.57 Å². The van der Waals surface area contributed by atoms with E-state index in [0.29, 0.717) is 16.7 Å². The lowest BCUT2D eigenvalue weighted by molar-refractivity contribution is 0.788. The molecule has 3 rings (SSSR count). The monoisotopic (exact) mass is 324 g/mol. The molecule has 1 N–H and O–H groups in total. The van der Waals surface area contributed by atoms with Gasteiger partial charge in [-0.3, -0.25) is 14.8 Å². The lowest BCUT2D eigenvalue weighted by atomic mass is 10.0. The largest absolute Gasteiger partial charge is 0.334 e. The molecule has 3 aromatic rings. The van der Waals surface area contributed by atoms with Crippen molar-refractivity contribution < 1.29 is 0 Å². The van der Waals surface area contributed by atoms with Crippen molar-refractivity contribution in [3.8, 4) is 5.69 Å². The van der Waals surface area contributed by atoms with Crippen molar-refractivity contribution in [1.29, 1.82) is 0 Å². The van der Waals surface area contributed by atoms with Gasteiger partial charge in [0.1, 0.15) is 0 Å². The van der Waals surface area contributed by atoms with Crippen molar-refractivity contribution in [2.24, 2.45) is 0 Å². The third-order valence-corrected chi connectivity index (χ3v) is 4.25. The Hall–Kier alpha value is -2.76. The average molecular weight is 324 g/mol.